The zero-order chi connectivity index (χ0) is 18.5. The van der Waals surface area contributed by atoms with Crippen molar-refractivity contribution in [2.45, 2.75) is 6.54 Å². The van der Waals surface area contributed by atoms with E-state index in [4.69, 9.17) is 14.2 Å². The largest absolute Gasteiger partial charge is 0.497 e. The Balaban J connectivity index is 1.76. The fourth-order valence-electron chi connectivity index (χ4n) is 2.40. The van der Waals surface area contributed by atoms with Crippen molar-refractivity contribution in [3.63, 3.8) is 0 Å². The molecule has 0 amide bonds. The molecule has 0 saturated heterocycles. The molecule has 0 aliphatic heterocycles. The lowest BCUT2D eigenvalue weighted by Gasteiger charge is -2.07. The van der Waals surface area contributed by atoms with Gasteiger partial charge in [-0.05, 0) is 47.7 Å². The molecule has 8 nitrogen and oxygen atoms in total. The third-order valence-electron chi connectivity index (χ3n) is 3.79. The van der Waals surface area contributed by atoms with Gasteiger partial charge in [0.05, 0.1) is 21.3 Å². The molecule has 0 N–H and O–H groups in total. The number of aromatic nitrogens is 4. The Kier molecular flexibility index (Phi) is 5.12. The van der Waals surface area contributed by atoms with Crippen molar-refractivity contribution < 1.29 is 19.0 Å². The lowest BCUT2D eigenvalue weighted by atomic mass is 10.1. The van der Waals surface area contributed by atoms with Crippen LogP contribution in [0.4, 0.5) is 0 Å². The number of tetrazole rings is 1. The van der Waals surface area contributed by atoms with Crippen LogP contribution >= 0.6 is 0 Å². The van der Waals surface area contributed by atoms with Crippen molar-refractivity contribution in [3.05, 3.63) is 48.0 Å². The maximum absolute atomic E-state index is 12.3. The van der Waals surface area contributed by atoms with Gasteiger partial charge in [-0.25, -0.2) is 0 Å². The summed E-state index contributed by atoms with van der Waals surface area (Å²) in [5.74, 6) is 2.14. The zero-order valence-electron chi connectivity index (χ0n) is 14.7. The van der Waals surface area contributed by atoms with E-state index >= 15 is 0 Å². The number of methoxy groups -OCH3 is 3. The smallest absolute Gasteiger partial charge is 0.205 e. The minimum absolute atomic E-state index is 0.00732. The van der Waals surface area contributed by atoms with Crippen molar-refractivity contribution in [2.75, 3.05) is 21.3 Å². The number of benzene rings is 2. The van der Waals surface area contributed by atoms with E-state index in [9.17, 15) is 4.79 Å². The van der Waals surface area contributed by atoms with Gasteiger partial charge in [-0.2, -0.15) is 4.80 Å². The molecule has 0 fully saturated rings. The van der Waals surface area contributed by atoms with E-state index in [0.29, 0.717) is 34.2 Å². The van der Waals surface area contributed by atoms with Crippen LogP contribution in [-0.2, 0) is 6.54 Å². The highest BCUT2D eigenvalue weighted by molar-refractivity contribution is 5.95. The number of carbonyl (C=O) groups is 1. The van der Waals surface area contributed by atoms with Crippen molar-refractivity contribution in [2.24, 2.45) is 0 Å². The van der Waals surface area contributed by atoms with Gasteiger partial charge in [-0.15, -0.1) is 10.2 Å². The van der Waals surface area contributed by atoms with E-state index in [1.807, 2.05) is 0 Å². The van der Waals surface area contributed by atoms with E-state index < -0.39 is 0 Å². The fraction of sp³-hybridized carbons (Fsp3) is 0.222. The van der Waals surface area contributed by atoms with Crippen LogP contribution in [0.2, 0.25) is 0 Å². The summed E-state index contributed by atoms with van der Waals surface area (Å²) in [5.41, 5.74) is 1.27. The molecule has 134 valence electrons. The molecule has 8 heteroatoms. The highest BCUT2D eigenvalue weighted by Gasteiger charge is 2.13. The molecule has 3 aromatic rings. The second kappa shape index (κ2) is 7.64. The highest BCUT2D eigenvalue weighted by atomic mass is 16.5. The maximum atomic E-state index is 12.3. The van der Waals surface area contributed by atoms with Crippen LogP contribution in [0.25, 0.3) is 11.4 Å². The molecular weight excluding hydrogens is 336 g/mol. The Bertz CT molecular complexity index is 906. The molecule has 0 saturated carbocycles. The highest BCUT2D eigenvalue weighted by Crippen LogP contribution is 2.30. The van der Waals surface area contributed by atoms with Gasteiger partial charge in [0.2, 0.25) is 5.82 Å². The number of nitrogens with zero attached hydrogens (tertiary/aromatic N) is 4. The quantitative estimate of drug-likeness (QED) is 0.601. The topological polar surface area (TPSA) is 88.4 Å². The molecular formula is C18H18N4O4. The van der Waals surface area contributed by atoms with E-state index in [0.717, 1.165) is 0 Å². The standard InChI is InChI=1S/C18H18N4O4/c1-24-14-7-4-12(5-8-14)15(23)11-22-20-18(19-21-22)13-6-9-16(25-2)17(10-13)26-3/h4-10H,11H2,1-3H3. The third-order valence-corrected chi connectivity index (χ3v) is 3.79. The fourth-order valence-corrected chi connectivity index (χ4v) is 2.40. The molecule has 0 bridgehead atoms. The van der Waals surface area contributed by atoms with Gasteiger partial charge < -0.3 is 14.2 Å². The number of ketones is 1. The number of hydrogen-bond acceptors (Lipinski definition) is 7. The summed E-state index contributed by atoms with van der Waals surface area (Å²) in [6, 6.07) is 12.2. The lowest BCUT2D eigenvalue weighted by molar-refractivity contribution is 0.0961. The number of rotatable bonds is 7. The molecule has 26 heavy (non-hydrogen) atoms. The summed E-state index contributed by atoms with van der Waals surface area (Å²) in [7, 11) is 4.70. The first kappa shape index (κ1) is 17.4. The van der Waals surface area contributed by atoms with Gasteiger partial charge in [0.15, 0.2) is 17.3 Å². The van der Waals surface area contributed by atoms with E-state index in [1.165, 1.54) is 4.80 Å². The Morgan fingerprint density at radius 1 is 0.962 bits per heavy atom. The predicted octanol–water partition coefficient (Wildman–Crippen LogP) is 2.25. The van der Waals surface area contributed by atoms with Crippen LogP contribution in [-0.4, -0.2) is 47.3 Å². The molecule has 0 radical (unpaired) electrons. The predicted molar refractivity (Wildman–Crippen MR) is 93.7 cm³/mol. The zero-order valence-corrected chi connectivity index (χ0v) is 14.7. The van der Waals surface area contributed by atoms with Crippen molar-refractivity contribution in [3.8, 4) is 28.6 Å². The van der Waals surface area contributed by atoms with Crippen LogP contribution in [0.3, 0.4) is 0 Å². The van der Waals surface area contributed by atoms with Crippen LogP contribution in [0, 0.1) is 0 Å². The minimum atomic E-state index is -0.121. The molecule has 2 aromatic carbocycles. The summed E-state index contributed by atoms with van der Waals surface area (Å²) >= 11 is 0. The molecule has 1 heterocycles. The molecule has 0 atom stereocenters. The first-order valence-electron chi connectivity index (χ1n) is 7.82. The number of hydrogen-bond donors (Lipinski definition) is 0. The van der Waals surface area contributed by atoms with Crippen LogP contribution < -0.4 is 14.2 Å². The lowest BCUT2D eigenvalue weighted by Crippen LogP contribution is -2.13. The van der Waals surface area contributed by atoms with Crippen LogP contribution in [0.1, 0.15) is 10.4 Å². The Morgan fingerprint density at radius 2 is 1.69 bits per heavy atom. The van der Waals surface area contributed by atoms with Crippen molar-refractivity contribution in [1.29, 1.82) is 0 Å². The summed E-state index contributed by atoms with van der Waals surface area (Å²) in [4.78, 5) is 13.6. The SMILES string of the molecule is COc1ccc(C(=O)Cn2nnc(-c3ccc(OC)c(OC)c3)n2)cc1. The van der Waals surface area contributed by atoms with Gasteiger partial charge in [-0.3, -0.25) is 4.79 Å². The first-order chi connectivity index (χ1) is 12.6. The number of ether oxygens (including phenoxy) is 3. The summed E-state index contributed by atoms with van der Waals surface area (Å²) in [6.45, 7) is -0.00732. The van der Waals surface area contributed by atoms with Crippen molar-refractivity contribution in [1.82, 2.24) is 20.2 Å². The number of carbonyl (C=O) groups excluding carboxylic acids is 1. The maximum Gasteiger partial charge on any atom is 0.205 e. The molecule has 0 aliphatic rings. The third kappa shape index (κ3) is 3.64. The number of Topliss-reactive ketones (excluding diaryl/α,β-unsaturated/α-hetero) is 1. The van der Waals surface area contributed by atoms with E-state index in [2.05, 4.69) is 15.4 Å². The molecule has 0 spiro atoms. The first-order valence-corrected chi connectivity index (χ1v) is 7.82. The average Bonchev–Trinajstić information content (AvgIpc) is 3.15. The van der Waals surface area contributed by atoms with Crippen LogP contribution in [0.5, 0.6) is 17.2 Å². The monoisotopic (exact) mass is 354 g/mol. The second-order valence-electron chi connectivity index (χ2n) is 5.36. The second-order valence-corrected chi connectivity index (χ2v) is 5.36. The Labute approximate surface area is 150 Å². The Hall–Kier alpha value is -3.42. The van der Waals surface area contributed by atoms with Gasteiger partial charge >= 0.3 is 0 Å². The van der Waals surface area contributed by atoms with E-state index in [-0.39, 0.29) is 12.3 Å². The molecule has 1 aromatic heterocycles. The molecule has 0 aliphatic carbocycles. The molecule has 0 unspecified atom stereocenters. The average molecular weight is 354 g/mol. The summed E-state index contributed by atoms with van der Waals surface area (Å²) in [5, 5.41) is 12.2. The van der Waals surface area contributed by atoms with Gasteiger partial charge in [0.1, 0.15) is 12.3 Å². The van der Waals surface area contributed by atoms with Crippen LogP contribution in [0.15, 0.2) is 42.5 Å². The van der Waals surface area contributed by atoms with Gasteiger partial charge in [-0.1, -0.05) is 0 Å². The summed E-state index contributed by atoms with van der Waals surface area (Å²) in [6.07, 6.45) is 0. The van der Waals surface area contributed by atoms with E-state index in [1.54, 1.807) is 63.8 Å². The summed E-state index contributed by atoms with van der Waals surface area (Å²) < 4.78 is 15.6. The van der Waals surface area contributed by atoms with Crippen molar-refractivity contribution >= 4 is 5.78 Å². The normalized spacial score (nSPS) is 10.4. The van der Waals surface area contributed by atoms with Gasteiger partial charge in [0.25, 0.3) is 0 Å². The Morgan fingerprint density at radius 3 is 2.35 bits per heavy atom. The minimum Gasteiger partial charge on any atom is -0.497 e. The van der Waals surface area contributed by atoms with Gasteiger partial charge in [0, 0.05) is 11.1 Å². The molecule has 3 rings (SSSR count).